The number of carbonyl (C=O) groups excluding carboxylic acids is 2. The van der Waals surface area contributed by atoms with Crippen molar-refractivity contribution < 1.29 is 14.3 Å². The Morgan fingerprint density at radius 2 is 1.88 bits per heavy atom. The number of ether oxygens (including phenoxy) is 1. The second-order valence-electron chi connectivity index (χ2n) is 6.38. The Balaban J connectivity index is 2.06. The van der Waals surface area contributed by atoms with Crippen molar-refractivity contribution in [2.45, 2.75) is 33.2 Å². The Kier molecular flexibility index (Phi) is 6.27. The molecule has 2 aromatic rings. The van der Waals surface area contributed by atoms with Gasteiger partial charge in [-0.1, -0.05) is 56.3 Å². The highest BCUT2D eigenvalue weighted by atomic mass is 16.5. The Morgan fingerprint density at radius 3 is 2.48 bits per heavy atom. The lowest BCUT2D eigenvalue weighted by Gasteiger charge is -2.22. The Morgan fingerprint density at radius 1 is 1.20 bits per heavy atom. The predicted molar refractivity (Wildman–Crippen MR) is 92.9 cm³/mol. The summed E-state index contributed by atoms with van der Waals surface area (Å²) in [5.74, 6) is -0.148. The Hall–Kier alpha value is -2.70. The van der Waals surface area contributed by atoms with E-state index in [4.69, 9.17) is 0 Å². The zero-order chi connectivity index (χ0) is 18.4. The molecule has 1 aromatic heterocycles. The van der Waals surface area contributed by atoms with Crippen LogP contribution in [0.25, 0.3) is 0 Å². The number of aromatic nitrogens is 3. The molecule has 0 saturated carbocycles. The third kappa shape index (κ3) is 4.89. The summed E-state index contributed by atoms with van der Waals surface area (Å²) in [6.45, 7) is 5.85. The van der Waals surface area contributed by atoms with Crippen molar-refractivity contribution in [3.63, 3.8) is 0 Å². The lowest BCUT2D eigenvalue weighted by Crippen LogP contribution is -2.36. The van der Waals surface area contributed by atoms with E-state index in [1.54, 1.807) is 0 Å². The van der Waals surface area contributed by atoms with Crippen LogP contribution in [0, 0.1) is 11.8 Å². The summed E-state index contributed by atoms with van der Waals surface area (Å²) in [5.41, 5.74) is 1.64. The van der Waals surface area contributed by atoms with Crippen molar-refractivity contribution in [1.29, 1.82) is 0 Å². The molecule has 2 atom stereocenters. The average Bonchev–Trinajstić information content (AvgIpc) is 3.08. The molecular weight excluding hydrogens is 320 g/mol. The summed E-state index contributed by atoms with van der Waals surface area (Å²) < 4.78 is 5.63. The normalized spacial score (nSPS) is 13.3. The molecule has 2 rings (SSSR count). The minimum atomic E-state index is -0.620. The third-order valence-electron chi connectivity index (χ3n) is 3.99. The van der Waals surface area contributed by atoms with Crippen LogP contribution in [0.4, 0.5) is 4.79 Å². The molecule has 0 aliphatic rings. The van der Waals surface area contributed by atoms with Crippen LogP contribution in [0.5, 0.6) is 0 Å². The fourth-order valence-corrected chi connectivity index (χ4v) is 2.54. The Bertz CT molecular complexity index is 712. The second-order valence-corrected chi connectivity index (χ2v) is 6.38. The SMILES string of the molecule is COC(=O)n1cc([C@@H](NC(=O)[C@@H](C)Cc2ccccc2)C(C)C)nn1. The minimum absolute atomic E-state index is 0.0600. The van der Waals surface area contributed by atoms with Gasteiger partial charge in [-0.2, -0.15) is 4.68 Å². The van der Waals surface area contributed by atoms with E-state index in [2.05, 4.69) is 20.4 Å². The highest BCUT2D eigenvalue weighted by molar-refractivity contribution is 5.79. The maximum absolute atomic E-state index is 12.6. The molecule has 0 bridgehead atoms. The van der Waals surface area contributed by atoms with Gasteiger partial charge in [-0.15, -0.1) is 5.10 Å². The topological polar surface area (TPSA) is 86.1 Å². The lowest BCUT2D eigenvalue weighted by atomic mass is 9.97. The van der Waals surface area contributed by atoms with Gasteiger partial charge in [0.1, 0.15) is 5.69 Å². The largest absolute Gasteiger partial charge is 0.451 e. The molecule has 1 N–H and O–H groups in total. The molecule has 0 saturated heterocycles. The van der Waals surface area contributed by atoms with Gasteiger partial charge in [0.2, 0.25) is 5.91 Å². The van der Waals surface area contributed by atoms with Crippen LogP contribution in [0.1, 0.15) is 38.1 Å². The van der Waals surface area contributed by atoms with Gasteiger partial charge < -0.3 is 10.1 Å². The van der Waals surface area contributed by atoms with Crippen molar-refractivity contribution in [1.82, 2.24) is 20.3 Å². The first-order valence-electron chi connectivity index (χ1n) is 8.27. The maximum Gasteiger partial charge on any atom is 0.435 e. The summed E-state index contributed by atoms with van der Waals surface area (Å²) in [7, 11) is 1.27. The van der Waals surface area contributed by atoms with E-state index in [-0.39, 0.29) is 23.8 Å². The van der Waals surface area contributed by atoms with Crippen LogP contribution in [0.3, 0.4) is 0 Å². The smallest absolute Gasteiger partial charge is 0.435 e. The van der Waals surface area contributed by atoms with Crippen molar-refractivity contribution >= 4 is 12.0 Å². The van der Waals surface area contributed by atoms with Gasteiger partial charge in [-0.3, -0.25) is 4.79 Å². The minimum Gasteiger partial charge on any atom is -0.451 e. The monoisotopic (exact) mass is 344 g/mol. The zero-order valence-corrected chi connectivity index (χ0v) is 15.0. The molecule has 1 amide bonds. The van der Waals surface area contributed by atoms with Crippen molar-refractivity contribution in [2.75, 3.05) is 7.11 Å². The molecule has 0 aliphatic heterocycles. The predicted octanol–water partition coefficient (Wildman–Crippen LogP) is 2.58. The van der Waals surface area contributed by atoms with Crippen LogP contribution < -0.4 is 5.32 Å². The molecule has 0 unspecified atom stereocenters. The molecule has 25 heavy (non-hydrogen) atoms. The first kappa shape index (κ1) is 18.6. The summed E-state index contributed by atoms with van der Waals surface area (Å²) >= 11 is 0. The number of carbonyl (C=O) groups is 2. The van der Waals surface area contributed by atoms with Gasteiger partial charge >= 0.3 is 6.09 Å². The van der Waals surface area contributed by atoms with E-state index in [0.717, 1.165) is 10.2 Å². The number of rotatable bonds is 6. The fourth-order valence-electron chi connectivity index (χ4n) is 2.54. The van der Waals surface area contributed by atoms with Crippen molar-refractivity contribution in [3.05, 3.63) is 47.8 Å². The molecule has 0 spiro atoms. The van der Waals surface area contributed by atoms with Crippen LogP contribution in [-0.4, -0.2) is 34.1 Å². The highest BCUT2D eigenvalue weighted by Gasteiger charge is 2.25. The molecule has 7 nitrogen and oxygen atoms in total. The van der Waals surface area contributed by atoms with Crippen LogP contribution >= 0.6 is 0 Å². The number of benzene rings is 1. The summed E-state index contributed by atoms with van der Waals surface area (Å²) in [5, 5.41) is 10.8. The molecule has 0 fully saturated rings. The third-order valence-corrected chi connectivity index (χ3v) is 3.99. The number of amides is 1. The van der Waals surface area contributed by atoms with Crippen molar-refractivity contribution in [2.24, 2.45) is 11.8 Å². The summed E-state index contributed by atoms with van der Waals surface area (Å²) in [4.78, 5) is 24.1. The zero-order valence-electron chi connectivity index (χ0n) is 15.0. The number of nitrogens with one attached hydrogen (secondary N) is 1. The number of methoxy groups -OCH3 is 1. The van der Waals surface area contributed by atoms with Crippen LogP contribution in [-0.2, 0) is 16.0 Å². The van der Waals surface area contributed by atoms with Gasteiger partial charge in [-0.25, -0.2) is 4.79 Å². The number of hydrogen-bond acceptors (Lipinski definition) is 5. The summed E-state index contributed by atoms with van der Waals surface area (Å²) in [6, 6.07) is 9.55. The van der Waals surface area contributed by atoms with Crippen molar-refractivity contribution in [3.8, 4) is 0 Å². The fraction of sp³-hybridized carbons (Fsp3) is 0.444. The first-order valence-corrected chi connectivity index (χ1v) is 8.27. The van der Waals surface area contributed by atoms with E-state index in [9.17, 15) is 9.59 Å². The standard InChI is InChI=1S/C18H24N4O3/c1-12(2)16(15-11-22(21-20-15)18(24)25-4)19-17(23)13(3)10-14-8-6-5-7-9-14/h5-9,11-13,16H,10H2,1-4H3,(H,19,23)/t13-,16-/m0/s1. The summed E-state index contributed by atoms with van der Waals surface area (Å²) in [6.07, 6.45) is 1.52. The highest BCUT2D eigenvalue weighted by Crippen LogP contribution is 2.20. The molecule has 134 valence electrons. The molecule has 7 heteroatoms. The molecule has 1 aromatic carbocycles. The van der Waals surface area contributed by atoms with Gasteiger partial charge in [0.05, 0.1) is 19.3 Å². The second kappa shape index (κ2) is 8.41. The Labute approximate surface area is 147 Å². The van der Waals surface area contributed by atoms with E-state index < -0.39 is 6.09 Å². The van der Waals surface area contributed by atoms with Gasteiger partial charge in [0.15, 0.2) is 0 Å². The van der Waals surface area contributed by atoms with E-state index >= 15 is 0 Å². The van der Waals surface area contributed by atoms with E-state index in [1.807, 2.05) is 51.1 Å². The quantitative estimate of drug-likeness (QED) is 0.870. The first-order chi connectivity index (χ1) is 11.9. The van der Waals surface area contributed by atoms with Crippen LogP contribution in [0.15, 0.2) is 36.5 Å². The lowest BCUT2D eigenvalue weighted by molar-refractivity contribution is -0.125. The molecule has 0 radical (unpaired) electrons. The average molecular weight is 344 g/mol. The number of hydrogen-bond donors (Lipinski definition) is 1. The van der Waals surface area contributed by atoms with Gasteiger partial charge in [0.25, 0.3) is 0 Å². The maximum atomic E-state index is 12.6. The van der Waals surface area contributed by atoms with E-state index in [0.29, 0.717) is 12.1 Å². The van der Waals surface area contributed by atoms with Crippen LogP contribution in [0.2, 0.25) is 0 Å². The molecule has 1 heterocycles. The number of nitrogens with zero attached hydrogens (tertiary/aromatic N) is 3. The van der Waals surface area contributed by atoms with E-state index in [1.165, 1.54) is 13.3 Å². The molecule has 0 aliphatic carbocycles. The molecular formula is C18H24N4O3. The van der Waals surface area contributed by atoms with Gasteiger partial charge in [-0.05, 0) is 17.9 Å². The van der Waals surface area contributed by atoms with Gasteiger partial charge in [0, 0.05) is 5.92 Å².